The van der Waals surface area contributed by atoms with Gasteiger partial charge in [-0.05, 0) is 17.7 Å². The molecule has 3 heteroatoms. The second kappa shape index (κ2) is 4.14. The van der Waals surface area contributed by atoms with Crippen molar-refractivity contribution in [3.8, 4) is 0 Å². The molecule has 0 aromatic heterocycles. The van der Waals surface area contributed by atoms with E-state index >= 15 is 0 Å². The van der Waals surface area contributed by atoms with Gasteiger partial charge in [0.25, 0.3) is 0 Å². The molecule has 0 saturated heterocycles. The van der Waals surface area contributed by atoms with Crippen LogP contribution in [0.4, 0.5) is 5.69 Å². The largest absolute Gasteiger partial charge is 0.398 e. The van der Waals surface area contributed by atoms with Crippen molar-refractivity contribution in [3.05, 3.63) is 34.9 Å². The molecule has 0 bridgehead atoms. The first-order valence-corrected chi connectivity index (χ1v) is 4.03. The third-order valence-corrected chi connectivity index (χ3v) is 1.81. The van der Waals surface area contributed by atoms with Crippen LogP contribution in [0.1, 0.15) is 5.56 Å². The summed E-state index contributed by atoms with van der Waals surface area (Å²) in [6.07, 6.45) is 3.77. The van der Waals surface area contributed by atoms with Crippen molar-refractivity contribution in [1.82, 2.24) is 0 Å². The molecule has 0 radical (unpaired) electrons. The van der Waals surface area contributed by atoms with E-state index in [0.29, 0.717) is 17.3 Å². The smallest absolute Gasteiger partial charge is 0.0635 e. The van der Waals surface area contributed by atoms with Crippen LogP contribution in [0.25, 0.3) is 6.08 Å². The fourth-order valence-corrected chi connectivity index (χ4v) is 0.988. The summed E-state index contributed by atoms with van der Waals surface area (Å²) in [4.78, 5) is 0. The van der Waals surface area contributed by atoms with Gasteiger partial charge in [-0.25, -0.2) is 0 Å². The predicted molar refractivity (Wildman–Crippen MR) is 54.0 cm³/mol. The Kier molecular flexibility index (Phi) is 3.14. The zero-order chi connectivity index (χ0) is 8.97. The van der Waals surface area contributed by atoms with Crippen molar-refractivity contribution in [2.75, 3.05) is 12.3 Å². The number of anilines is 1. The first kappa shape index (κ1) is 9.10. The van der Waals surface area contributed by atoms with Crippen LogP contribution in [0, 0.1) is 0 Å². The summed E-state index contributed by atoms with van der Waals surface area (Å²) >= 11 is 5.74. The molecule has 12 heavy (non-hydrogen) atoms. The minimum atomic E-state index is 0.530. The first-order chi connectivity index (χ1) is 5.74. The van der Waals surface area contributed by atoms with Gasteiger partial charge in [0.05, 0.1) is 10.7 Å². The van der Waals surface area contributed by atoms with Crippen molar-refractivity contribution in [2.45, 2.75) is 0 Å². The average molecular weight is 183 g/mol. The highest BCUT2D eigenvalue weighted by Crippen LogP contribution is 2.19. The SMILES string of the molecule is NC/C=C/c1ccc(Cl)c(N)c1. The molecule has 0 spiro atoms. The van der Waals surface area contributed by atoms with Crippen LogP contribution in [-0.2, 0) is 0 Å². The Bertz CT molecular complexity index is 295. The van der Waals surface area contributed by atoms with Crippen LogP contribution in [-0.4, -0.2) is 6.54 Å². The van der Waals surface area contributed by atoms with Gasteiger partial charge in [-0.2, -0.15) is 0 Å². The predicted octanol–water partition coefficient (Wildman–Crippen LogP) is 1.89. The van der Waals surface area contributed by atoms with E-state index in [1.54, 1.807) is 6.07 Å². The maximum atomic E-state index is 5.74. The molecule has 0 unspecified atom stereocenters. The lowest BCUT2D eigenvalue weighted by Gasteiger charge is -1.98. The third kappa shape index (κ3) is 2.26. The zero-order valence-electron chi connectivity index (χ0n) is 6.63. The summed E-state index contributed by atoms with van der Waals surface area (Å²) in [5.41, 5.74) is 12.5. The molecular formula is C9H11ClN2. The fourth-order valence-electron chi connectivity index (χ4n) is 0.870. The topological polar surface area (TPSA) is 52.0 Å². The lowest BCUT2D eigenvalue weighted by Crippen LogP contribution is -1.92. The van der Waals surface area contributed by atoms with Crippen molar-refractivity contribution in [3.63, 3.8) is 0 Å². The molecule has 1 aromatic rings. The van der Waals surface area contributed by atoms with Crippen LogP contribution < -0.4 is 11.5 Å². The van der Waals surface area contributed by atoms with Crippen LogP contribution in [0.5, 0.6) is 0 Å². The van der Waals surface area contributed by atoms with E-state index in [2.05, 4.69) is 0 Å². The van der Waals surface area contributed by atoms with Crippen molar-refractivity contribution in [2.24, 2.45) is 5.73 Å². The van der Waals surface area contributed by atoms with Gasteiger partial charge in [-0.3, -0.25) is 0 Å². The Balaban J connectivity index is 2.89. The second-order valence-corrected chi connectivity index (χ2v) is 2.83. The Hall–Kier alpha value is -0.990. The summed E-state index contributed by atoms with van der Waals surface area (Å²) < 4.78 is 0. The van der Waals surface area contributed by atoms with Gasteiger partial charge in [0.2, 0.25) is 0 Å². The summed E-state index contributed by atoms with van der Waals surface area (Å²) in [5.74, 6) is 0. The number of nitrogens with two attached hydrogens (primary N) is 2. The highest BCUT2D eigenvalue weighted by molar-refractivity contribution is 6.33. The number of benzene rings is 1. The molecule has 1 aromatic carbocycles. The van der Waals surface area contributed by atoms with E-state index < -0.39 is 0 Å². The van der Waals surface area contributed by atoms with Gasteiger partial charge >= 0.3 is 0 Å². The molecule has 0 amide bonds. The average Bonchev–Trinajstić information content (AvgIpc) is 2.07. The van der Waals surface area contributed by atoms with E-state index in [-0.39, 0.29) is 0 Å². The van der Waals surface area contributed by atoms with E-state index in [4.69, 9.17) is 23.1 Å². The van der Waals surface area contributed by atoms with Crippen molar-refractivity contribution in [1.29, 1.82) is 0 Å². The standard InChI is InChI=1S/C9H11ClN2/c10-8-4-3-7(2-1-5-11)6-9(8)12/h1-4,6H,5,11-12H2/b2-1+. The Labute approximate surface area is 76.8 Å². The van der Waals surface area contributed by atoms with E-state index in [1.165, 1.54) is 0 Å². The number of hydrogen-bond donors (Lipinski definition) is 2. The molecule has 4 N–H and O–H groups in total. The van der Waals surface area contributed by atoms with Gasteiger partial charge < -0.3 is 11.5 Å². The lowest BCUT2D eigenvalue weighted by molar-refractivity contribution is 1.26. The number of nitrogen functional groups attached to an aromatic ring is 1. The molecule has 0 fully saturated rings. The summed E-state index contributed by atoms with van der Waals surface area (Å²) in [5, 5.41) is 0.583. The van der Waals surface area contributed by atoms with Crippen LogP contribution >= 0.6 is 11.6 Å². The molecule has 64 valence electrons. The van der Waals surface area contributed by atoms with Gasteiger partial charge in [0.15, 0.2) is 0 Å². The summed E-state index contributed by atoms with van der Waals surface area (Å²) in [6, 6.07) is 5.48. The quantitative estimate of drug-likeness (QED) is 0.687. The molecule has 0 aliphatic carbocycles. The monoisotopic (exact) mass is 182 g/mol. The third-order valence-electron chi connectivity index (χ3n) is 1.47. The van der Waals surface area contributed by atoms with Gasteiger partial charge in [0.1, 0.15) is 0 Å². The molecule has 2 nitrogen and oxygen atoms in total. The highest BCUT2D eigenvalue weighted by atomic mass is 35.5. The van der Waals surface area contributed by atoms with E-state index in [9.17, 15) is 0 Å². The molecule has 0 aliphatic heterocycles. The van der Waals surface area contributed by atoms with Gasteiger partial charge in [-0.1, -0.05) is 29.8 Å². The van der Waals surface area contributed by atoms with Crippen LogP contribution in [0.3, 0.4) is 0 Å². The minimum absolute atomic E-state index is 0.530. The summed E-state index contributed by atoms with van der Waals surface area (Å²) in [7, 11) is 0. The second-order valence-electron chi connectivity index (χ2n) is 2.42. The maximum Gasteiger partial charge on any atom is 0.0635 e. The summed E-state index contributed by atoms with van der Waals surface area (Å²) in [6.45, 7) is 0.530. The Morgan fingerprint density at radius 1 is 1.42 bits per heavy atom. The number of rotatable bonds is 2. The van der Waals surface area contributed by atoms with Crippen molar-refractivity contribution < 1.29 is 0 Å². The van der Waals surface area contributed by atoms with E-state index in [1.807, 2.05) is 24.3 Å². The zero-order valence-corrected chi connectivity index (χ0v) is 7.38. The van der Waals surface area contributed by atoms with Crippen molar-refractivity contribution >= 4 is 23.4 Å². The van der Waals surface area contributed by atoms with Crippen LogP contribution in [0.15, 0.2) is 24.3 Å². The Morgan fingerprint density at radius 2 is 2.17 bits per heavy atom. The van der Waals surface area contributed by atoms with Crippen LogP contribution in [0.2, 0.25) is 5.02 Å². The molecule has 1 rings (SSSR count). The van der Waals surface area contributed by atoms with E-state index in [0.717, 1.165) is 5.56 Å². The molecule has 0 atom stereocenters. The molecular weight excluding hydrogens is 172 g/mol. The van der Waals surface area contributed by atoms with Gasteiger partial charge in [0, 0.05) is 6.54 Å². The first-order valence-electron chi connectivity index (χ1n) is 3.65. The normalized spacial score (nSPS) is 10.8. The number of halogens is 1. The highest BCUT2D eigenvalue weighted by Gasteiger charge is 1.94. The molecule has 0 heterocycles. The maximum absolute atomic E-state index is 5.74. The number of hydrogen-bond acceptors (Lipinski definition) is 2. The minimum Gasteiger partial charge on any atom is -0.398 e. The fraction of sp³-hybridized carbons (Fsp3) is 0.111. The molecule has 0 saturated carbocycles. The molecule has 0 aliphatic rings. The lowest BCUT2D eigenvalue weighted by atomic mass is 10.2. The van der Waals surface area contributed by atoms with Gasteiger partial charge in [-0.15, -0.1) is 0 Å². The Morgan fingerprint density at radius 3 is 2.75 bits per heavy atom.